The van der Waals surface area contributed by atoms with E-state index >= 15 is 0 Å². The van der Waals surface area contributed by atoms with Crippen LogP contribution in [0.1, 0.15) is 13.8 Å². The van der Waals surface area contributed by atoms with Crippen LogP contribution in [0.25, 0.3) is 21.9 Å². The van der Waals surface area contributed by atoms with E-state index in [0.717, 1.165) is 5.57 Å². The molecular weight excluding hydrogens is 272 g/mol. The van der Waals surface area contributed by atoms with Gasteiger partial charge in [0.2, 0.25) is 5.75 Å². The van der Waals surface area contributed by atoms with E-state index in [1.54, 1.807) is 6.07 Å². The maximum absolute atomic E-state index is 11.5. The van der Waals surface area contributed by atoms with Gasteiger partial charge in [-0.25, -0.2) is 4.79 Å². The first-order valence-corrected chi connectivity index (χ1v) is 6.50. The lowest BCUT2D eigenvalue weighted by Gasteiger charge is -2.09. The maximum Gasteiger partial charge on any atom is 0.336 e. The second-order valence-electron chi connectivity index (χ2n) is 4.93. The normalized spacial score (nSPS) is 11.0. The van der Waals surface area contributed by atoms with Gasteiger partial charge in [-0.2, -0.15) is 0 Å². The van der Waals surface area contributed by atoms with Gasteiger partial charge in [-0.05, 0) is 32.1 Å². The highest BCUT2D eigenvalue weighted by atomic mass is 16.5. The lowest BCUT2D eigenvalue weighted by atomic mass is 10.1. The minimum Gasteiger partial charge on any atom is -0.506 e. The number of aromatic hydroxyl groups is 1. The molecule has 3 rings (SSSR count). The summed E-state index contributed by atoms with van der Waals surface area (Å²) in [7, 11) is 0. The average molecular weight is 286 g/mol. The van der Waals surface area contributed by atoms with Gasteiger partial charge in [0.25, 0.3) is 0 Å². The molecule has 0 aliphatic heterocycles. The van der Waals surface area contributed by atoms with Crippen molar-refractivity contribution >= 4 is 21.9 Å². The number of fused-ring (bicyclic) bond motifs is 2. The van der Waals surface area contributed by atoms with Crippen molar-refractivity contribution in [3.63, 3.8) is 0 Å². The number of hydrogen-bond acceptors (Lipinski definition) is 5. The fraction of sp³-hybridized carbons (Fsp3) is 0.188. The van der Waals surface area contributed by atoms with Crippen LogP contribution in [0.3, 0.4) is 0 Å². The Morgan fingerprint density at radius 3 is 2.76 bits per heavy atom. The molecule has 21 heavy (non-hydrogen) atoms. The number of benzene rings is 1. The van der Waals surface area contributed by atoms with Crippen LogP contribution in [0.2, 0.25) is 0 Å². The van der Waals surface area contributed by atoms with Gasteiger partial charge in [-0.15, -0.1) is 0 Å². The third-order valence-corrected chi connectivity index (χ3v) is 3.14. The van der Waals surface area contributed by atoms with E-state index in [0.29, 0.717) is 28.7 Å². The highest BCUT2D eigenvalue weighted by Crippen LogP contribution is 2.41. The van der Waals surface area contributed by atoms with Gasteiger partial charge in [0.05, 0.1) is 17.0 Å². The van der Waals surface area contributed by atoms with Crippen LogP contribution in [0.5, 0.6) is 11.5 Å². The van der Waals surface area contributed by atoms with Gasteiger partial charge in [0, 0.05) is 6.07 Å². The monoisotopic (exact) mass is 286 g/mol. The molecule has 1 N–H and O–H groups in total. The molecule has 3 aromatic rings. The number of furan rings is 1. The van der Waals surface area contributed by atoms with Crippen molar-refractivity contribution < 1.29 is 18.7 Å². The molecule has 0 fully saturated rings. The molecular formula is C16H14O5. The third-order valence-electron chi connectivity index (χ3n) is 3.14. The minimum atomic E-state index is -0.514. The Balaban J connectivity index is 2.28. The quantitative estimate of drug-likeness (QED) is 0.588. The molecule has 0 amide bonds. The fourth-order valence-corrected chi connectivity index (χ4v) is 2.11. The molecule has 0 atom stereocenters. The van der Waals surface area contributed by atoms with Crippen molar-refractivity contribution in [1.82, 2.24) is 0 Å². The first-order valence-electron chi connectivity index (χ1n) is 6.50. The first-order chi connectivity index (χ1) is 10.1. The number of phenols is 1. The Kier molecular flexibility index (Phi) is 3.17. The SMILES string of the molecule is CC(C)=CCOc1c2occc2c(O)c2ccc(=O)oc12. The molecule has 1 aromatic carbocycles. The van der Waals surface area contributed by atoms with E-state index in [9.17, 15) is 9.90 Å². The summed E-state index contributed by atoms with van der Waals surface area (Å²) in [4.78, 5) is 11.5. The van der Waals surface area contributed by atoms with E-state index in [1.165, 1.54) is 18.4 Å². The largest absolute Gasteiger partial charge is 0.506 e. The highest BCUT2D eigenvalue weighted by molar-refractivity contribution is 6.06. The molecule has 2 aromatic heterocycles. The van der Waals surface area contributed by atoms with E-state index in [-0.39, 0.29) is 11.3 Å². The van der Waals surface area contributed by atoms with Crippen molar-refractivity contribution in [3.8, 4) is 11.5 Å². The summed E-state index contributed by atoms with van der Waals surface area (Å²) in [5, 5.41) is 11.2. The summed E-state index contributed by atoms with van der Waals surface area (Å²) < 4.78 is 16.3. The molecule has 0 unspecified atom stereocenters. The van der Waals surface area contributed by atoms with Gasteiger partial charge in [0.1, 0.15) is 12.4 Å². The van der Waals surface area contributed by atoms with Crippen molar-refractivity contribution in [2.75, 3.05) is 6.61 Å². The van der Waals surface area contributed by atoms with Crippen molar-refractivity contribution in [2.24, 2.45) is 0 Å². The lowest BCUT2D eigenvalue weighted by molar-refractivity contribution is 0.355. The standard InChI is InChI=1S/C16H14O5/c1-9(2)5-7-20-16-14-11(6-8-19-14)13(18)10-3-4-12(17)21-15(10)16/h3-6,8,18H,7H2,1-2H3. The first kappa shape index (κ1) is 13.3. The molecule has 0 bridgehead atoms. The molecule has 0 aliphatic carbocycles. The molecule has 2 heterocycles. The van der Waals surface area contributed by atoms with Crippen LogP contribution >= 0.6 is 0 Å². The molecule has 0 aliphatic rings. The van der Waals surface area contributed by atoms with E-state index in [2.05, 4.69) is 0 Å². The molecule has 108 valence electrons. The average Bonchev–Trinajstić information content (AvgIpc) is 2.91. The van der Waals surface area contributed by atoms with Crippen LogP contribution in [-0.2, 0) is 0 Å². The Labute approximate surface area is 120 Å². The van der Waals surface area contributed by atoms with Crippen molar-refractivity contribution in [3.05, 3.63) is 46.5 Å². The van der Waals surface area contributed by atoms with Crippen LogP contribution in [0.4, 0.5) is 0 Å². The summed E-state index contributed by atoms with van der Waals surface area (Å²) >= 11 is 0. The zero-order valence-electron chi connectivity index (χ0n) is 11.7. The minimum absolute atomic E-state index is 0.00654. The zero-order chi connectivity index (χ0) is 15.0. The number of hydrogen-bond donors (Lipinski definition) is 1. The highest BCUT2D eigenvalue weighted by Gasteiger charge is 2.19. The smallest absolute Gasteiger partial charge is 0.336 e. The van der Waals surface area contributed by atoms with Crippen LogP contribution in [0, 0.1) is 0 Å². The molecule has 5 heteroatoms. The molecule has 5 nitrogen and oxygen atoms in total. The number of rotatable bonds is 3. The molecule has 0 saturated carbocycles. The Bertz CT molecular complexity index is 894. The van der Waals surface area contributed by atoms with Crippen LogP contribution < -0.4 is 10.4 Å². The van der Waals surface area contributed by atoms with Gasteiger partial charge in [-0.1, -0.05) is 5.57 Å². The van der Waals surface area contributed by atoms with E-state index in [4.69, 9.17) is 13.6 Å². The van der Waals surface area contributed by atoms with Crippen LogP contribution in [0.15, 0.2) is 49.7 Å². The summed E-state index contributed by atoms with van der Waals surface area (Å²) in [5.74, 6) is 0.324. The predicted octanol–water partition coefficient (Wildman–Crippen LogP) is 3.59. The number of phenolic OH excluding ortho intramolecular Hbond substituents is 1. The second-order valence-corrected chi connectivity index (χ2v) is 4.93. The van der Waals surface area contributed by atoms with Gasteiger partial charge in [-0.3, -0.25) is 0 Å². The van der Waals surface area contributed by atoms with E-state index < -0.39 is 5.63 Å². The summed E-state index contributed by atoms with van der Waals surface area (Å²) in [5.41, 5.74) is 1.14. The second kappa shape index (κ2) is 5.01. The Hall–Kier alpha value is -2.69. The van der Waals surface area contributed by atoms with Gasteiger partial charge < -0.3 is 18.7 Å². The fourth-order valence-electron chi connectivity index (χ4n) is 2.11. The molecule has 0 spiro atoms. The van der Waals surface area contributed by atoms with E-state index in [1.807, 2.05) is 19.9 Å². The number of ether oxygens (including phenoxy) is 1. The predicted molar refractivity (Wildman–Crippen MR) is 78.8 cm³/mol. The maximum atomic E-state index is 11.5. The Morgan fingerprint density at radius 1 is 1.24 bits per heavy atom. The molecule has 0 saturated heterocycles. The Morgan fingerprint density at radius 2 is 2.00 bits per heavy atom. The van der Waals surface area contributed by atoms with Crippen LogP contribution in [-0.4, -0.2) is 11.7 Å². The summed E-state index contributed by atoms with van der Waals surface area (Å²) in [6, 6.07) is 4.41. The lowest BCUT2D eigenvalue weighted by Crippen LogP contribution is -1.99. The van der Waals surface area contributed by atoms with Gasteiger partial charge >= 0.3 is 5.63 Å². The van der Waals surface area contributed by atoms with Crippen molar-refractivity contribution in [1.29, 1.82) is 0 Å². The topological polar surface area (TPSA) is 72.8 Å². The third kappa shape index (κ3) is 2.27. The zero-order valence-corrected chi connectivity index (χ0v) is 11.7. The van der Waals surface area contributed by atoms with Crippen molar-refractivity contribution in [2.45, 2.75) is 13.8 Å². The van der Waals surface area contributed by atoms with Gasteiger partial charge in [0.15, 0.2) is 11.2 Å². The summed E-state index contributed by atoms with van der Waals surface area (Å²) in [6.45, 7) is 4.23. The number of allylic oxidation sites excluding steroid dienone is 1. The molecule has 0 radical (unpaired) electrons. The summed E-state index contributed by atoms with van der Waals surface area (Å²) in [6.07, 6.45) is 3.35.